The fourth-order valence-corrected chi connectivity index (χ4v) is 5.15. The fourth-order valence-electron chi connectivity index (χ4n) is 4.91. The van der Waals surface area contributed by atoms with Gasteiger partial charge >= 0.3 is 0 Å². The predicted molar refractivity (Wildman–Crippen MR) is 128 cm³/mol. The van der Waals surface area contributed by atoms with Gasteiger partial charge in [0.25, 0.3) is 5.91 Å². The third-order valence-corrected chi connectivity index (χ3v) is 6.92. The van der Waals surface area contributed by atoms with E-state index in [1.54, 1.807) is 6.33 Å². The molecule has 2 aromatic carbocycles. The Balaban J connectivity index is 1.35. The smallest absolute Gasteiger partial charge is 0.253 e. The molecule has 1 amide bonds. The second-order valence-electron chi connectivity index (χ2n) is 8.63. The summed E-state index contributed by atoms with van der Waals surface area (Å²) in [5.41, 5.74) is 4.82. The van der Waals surface area contributed by atoms with E-state index in [0.29, 0.717) is 11.6 Å². The van der Waals surface area contributed by atoms with Crippen LogP contribution in [-0.2, 0) is 0 Å². The summed E-state index contributed by atoms with van der Waals surface area (Å²) in [6.45, 7) is 3.64. The molecule has 2 fully saturated rings. The van der Waals surface area contributed by atoms with Gasteiger partial charge in [0.05, 0.1) is 5.69 Å². The van der Waals surface area contributed by atoms with E-state index < -0.39 is 0 Å². The predicted octanol–water partition coefficient (Wildman–Crippen LogP) is 5.42. The fraction of sp³-hybridized carbons (Fsp3) is 0.346. The summed E-state index contributed by atoms with van der Waals surface area (Å²) in [6.07, 6.45) is 7.86. The van der Waals surface area contributed by atoms with Gasteiger partial charge in [0, 0.05) is 65.7 Å². The molecule has 6 heteroatoms. The Bertz CT molecular complexity index is 1090. The van der Waals surface area contributed by atoms with E-state index >= 15 is 0 Å². The number of hydrogen-bond donors (Lipinski definition) is 0. The van der Waals surface area contributed by atoms with E-state index in [0.717, 1.165) is 54.9 Å². The number of rotatable bonds is 4. The highest BCUT2D eigenvalue weighted by Crippen LogP contribution is 2.36. The van der Waals surface area contributed by atoms with Crippen molar-refractivity contribution in [2.24, 2.45) is 0 Å². The van der Waals surface area contributed by atoms with Crippen LogP contribution in [0.25, 0.3) is 11.1 Å². The summed E-state index contributed by atoms with van der Waals surface area (Å²) in [6, 6.07) is 15.9. The molecule has 2 aliphatic rings. The Hall–Kier alpha value is -2.92. The molecule has 2 aliphatic heterocycles. The van der Waals surface area contributed by atoms with Crippen molar-refractivity contribution in [2.75, 3.05) is 31.1 Å². The largest absolute Gasteiger partial charge is 0.372 e. The molecule has 164 valence electrons. The molecule has 3 aromatic rings. The summed E-state index contributed by atoms with van der Waals surface area (Å²) in [5.74, 6) is 0.252. The van der Waals surface area contributed by atoms with Gasteiger partial charge in [-0.05, 0) is 56.0 Å². The molecule has 1 aromatic heterocycles. The number of likely N-dealkylation sites (tertiary alicyclic amines) is 1. The average molecular weight is 447 g/mol. The summed E-state index contributed by atoms with van der Waals surface area (Å²) in [5, 5.41) is 0.686. The molecule has 5 nitrogen and oxygen atoms in total. The molecule has 0 aliphatic carbocycles. The number of halogens is 1. The van der Waals surface area contributed by atoms with Crippen LogP contribution >= 0.6 is 11.6 Å². The number of piperidine rings is 1. The first-order chi connectivity index (χ1) is 15.7. The topological polar surface area (TPSA) is 49.3 Å². The zero-order valence-corrected chi connectivity index (χ0v) is 18.8. The average Bonchev–Trinajstić information content (AvgIpc) is 3.39. The molecule has 0 radical (unpaired) electrons. The number of amides is 1. The van der Waals surface area contributed by atoms with Gasteiger partial charge in [0.1, 0.15) is 6.33 Å². The number of hydrogen-bond acceptors (Lipinski definition) is 4. The maximum atomic E-state index is 13.3. The summed E-state index contributed by atoms with van der Waals surface area (Å²) in [7, 11) is 0. The second-order valence-corrected chi connectivity index (χ2v) is 9.04. The lowest BCUT2D eigenvalue weighted by Crippen LogP contribution is -2.39. The zero-order chi connectivity index (χ0) is 21.9. The van der Waals surface area contributed by atoms with E-state index in [2.05, 4.69) is 27.0 Å². The van der Waals surface area contributed by atoms with Gasteiger partial charge < -0.3 is 9.80 Å². The van der Waals surface area contributed by atoms with Crippen molar-refractivity contribution in [1.29, 1.82) is 0 Å². The maximum absolute atomic E-state index is 13.3. The van der Waals surface area contributed by atoms with Crippen LogP contribution in [0.2, 0.25) is 5.02 Å². The van der Waals surface area contributed by atoms with Gasteiger partial charge in [-0.2, -0.15) is 0 Å². The van der Waals surface area contributed by atoms with Crippen molar-refractivity contribution in [2.45, 2.75) is 31.6 Å². The first-order valence-electron chi connectivity index (χ1n) is 11.4. The van der Waals surface area contributed by atoms with E-state index in [9.17, 15) is 4.79 Å². The van der Waals surface area contributed by atoms with Gasteiger partial charge in [-0.25, -0.2) is 9.97 Å². The van der Waals surface area contributed by atoms with Crippen LogP contribution in [0.15, 0.2) is 61.1 Å². The van der Waals surface area contributed by atoms with Crippen LogP contribution in [0.4, 0.5) is 5.69 Å². The molecule has 0 saturated carbocycles. The molecule has 3 heterocycles. The quantitative estimate of drug-likeness (QED) is 0.537. The van der Waals surface area contributed by atoms with Gasteiger partial charge in [0.2, 0.25) is 0 Å². The molecule has 1 unspecified atom stereocenters. The van der Waals surface area contributed by atoms with Crippen molar-refractivity contribution in [3.63, 3.8) is 0 Å². The van der Waals surface area contributed by atoms with Crippen LogP contribution < -0.4 is 4.90 Å². The van der Waals surface area contributed by atoms with Crippen LogP contribution in [0, 0.1) is 0 Å². The molecule has 0 spiro atoms. The van der Waals surface area contributed by atoms with Crippen LogP contribution in [0.3, 0.4) is 0 Å². The summed E-state index contributed by atoms with van der Waals surface area (Å²) in [4.78, 5) is 26.5. The molecule has 5 rings (SSSR count). The molecule has 0 N–H and O–H groups in total. The van der Waals surface area contributed by atoms with Crippen molar-refractivity contribution in [3.05, 3.63) is 77.3 Å². The molecule has 0 bridgehead atoms. The van der Waals surface area contributed by atoms with E-state index in [4.69, 9.17) is 11.6 Å². The van der Waals surface area contributed by atoms with E-state index in [1.807, 2.05) is 47.5 Å². The number of benzene rings is 2. The van der Waals surface area contributed by atoms with E-state index in [-0.39, 0.29) is 11.8 Å². The summed E-state index contributed by atoms with van der Waals surface area (Å²) < 4.78 is 0. The van der Waals surface area contributed by atoms with Crippen LogP contribution in [0.1, 0.15) is 47.7 Å². The van der Waals surface area contributed by atoms with Crippen molar-refractivity contribution in [1.82, 2.24) is 14.9 Å². The number of aromatic nitrogens is 2. The number of carbonyl (C=O) groups is 1. The highest BCUT2D eigenvalue weighted by atomic mass is 35.5. The van der Waals surface area contributed by atoms with Crippen molar-refractivity contribution >= 4 is 23.2 Å². The number of nitrogens with zero attached hydrogens (tertiary/aromatic N) is 4. The minimum atomic E-state index is 0.0935. The highest BCUT2D eigenvalue weighted by Gasteiger charge is 2.28. The monoisotopic (exact) mass is 446 g/mol. The minimum Gasteiger partial charge on any atom is -0.372 e. The molecule has 2 saturated heterocycles. The lowest BCUT2D eigenvalue weighted by molar-refractivity contribution is 0.0706. The Morgan fingerprint density at radius 1 is 0.938 bits per heavy atom. The SMILES string of the molecule is O=C(c1ccc(N2CCCC2)cc1)N1CCCC(c2ncncc2-c2ccccc2Cl)C1. The Kier molecular flexibility index (Phi) is 6.08. The van der Waals surface area contributed by atoms with Gasteiger partial charge in [-0.15, -0.1) is 0 Å². The third-order valence-electron chi connectivity index (χ3n) is 6.59. The Morgan fingerprint density at radius 2 is 1.72 bits per heavy atom. The molecular weight excluding hydrogens is 420 g/mol. The van der Waals surface area contributed by atoms with Crippen molar-refractivity contribution in [3.8, 4) is 11.1 Å². The molecule has 32 heavy (non-hydrogen) atoms. The first-order valence-corrected chi connectivity index (χ1v) is 11.8. The molecular formula is C26H27ClN4O. The maximum Gasteiger partial charge on any atom is 0.253 e. The lowest BCUT2D eigenvalue weighted by Gasteiger charge is -2.33. The number of anilines is 1. The van der Waals surface area contributed by atoms with Gasteiger partial charge in [-0.1, -0.05) is 29.8 Å². The lowest BCUT2D eigenvalue weighted by atomic mass is 9.89. The second kappa shape index (κ2) is 9.29. The third kappa shape index (κ3) is 4.22. The van der Waals surface area contributed by atoms with Crippen LogP contribution in [0.5, 0.6) is 0 Å². The highest BCUT2D eigenvalue weighted by molar-refractivity contribution is 6.33. The van der Waals surface area contributed by atoms with Gasteiger partial charge in [0.15, 0.2) is 0 Å². The number of carbonyl (C=O) groups excluding carboxylic acids is 1. The summed E-state index contributed by atoms with van der Waals surface area (Å²) >= 11 is 6.47. The normalized spacial score (nSPS) is 18.7. The van der Waals surface area contributed by atoms with E-state index in [1.165, 1.54) is 18.5 Å². The first kappa shape index (κ1) is 21.0. The Morgan fingerprint density at radius 3 is 2.50 bits per heavy atom. The minimum absolute atomic E-state index is 0.0935. The van der Waals surface area contributed by atoms with Gasteiger partial charge in [-0.3, -0.25) is 4.79 Å². The van der Waals surface area contributed by atoms with Crippen molar-refractivity contribution < 1.29 is 4.79 Å². The standard InChI is InChI=1S/C26H27ClN4O/c27-24-8-2-1-7-22(24)23-16-28-18-29-25(23)20-6-5-15-31(17-20)26(32)19-9-11-21(12-10-19)30-13-3-4-14-30/h1-2,7-12,16,18,20H,3-6,13-15,17H2. The molecule has 1 atom stereocenters. The van der Waals surface area contributed by atoms with Crippen LogP contribution in [-0.4, -0.2) is 47.0 Å². The Labute approximate surface area is 194 Å². The zero-order valence-electron chi connectivity index (χ0n) is 18.1.